The summed E-state index contributed by atoms with van der Waals surface area (Å²) in [7, 11) is 1.78. The molecule has 0 spiro atoms. The summed E-state index contributed by atoms with van der Waals surface area (Å²) in [5, 5.41) is 15.2. The number of nitrogens with one attached hydrogen (secondary N) is 1. The van der Waals surface area contributed by atoms with Crippen molar-refractivity contribution in [3.8, 4) is 0 Å². The fraction of sp³-hybridized carbons (Fsp3) is 0.875. The van der Waals surface area contributed by atoms with Crippen molar-refractivity contribution in [2.75, 3.05) is 0 Å². The summed E-state index contributed by atoms with van der Waals surface area (Å²) in [6, 6.07) is 0.670. The number of aromatic nitrogens is 4. The van der Waals surface area contributed by atoms with Gasteiger partial charge < -0.3 is 5.32 Å². The van der Waals surface area contributed by atoms with E-state index in [1.165, 1.54) is 30.5 Å². The minimum atomic E-state index is 0.670. The molecule has 0 atom stereocenters. The maximum atomic E-state index is 4.10. The summed E-state index contributed by atoms with van der Waals surface area (Å²) >= 11 is 0. The number of tetrazole rings is 1. The van der Waals surface area contributed by atoms with E-state index in [1.54, 1.807) is 7.05 Å². The van der Waals surface area contributed by atoms with E-state index in [0.29, 0.717) is 6.04 Å². The largest absolute Gasteiger partial charge is 0.307 e. The summed E-state index contributed by atoms with van der Waals surface area (Å²) in [5.74, 6) is 0.786. The molecular weight excluding hydrogens is 166 g/mol. The van der Waals surface area contributed by atoms with Gasteiger partial charge in [-0.05, 0) is 18.1 Å². The second kappa shape index (κ2) is 3.83. The number of rotatable bonds is 3. The first-order valence-electron chi connectivity index (χ1n) is 4.81. The Morgan fingerprint density at radius 1 is 1.46 bits per heavy atom. The monoisotopic (exact) mass is 181 g/mol. The van der Waals surface area contributed by atoms with Gasteiger partial charge in [0, 0.05) is 6.04 Å². The Morgan fingerprint density at radius 3 is 2.85 bits per heavy atom. The second-order valence-corrected chi connectivity index (χ2v) is 3.56. The SMILES string of the molecule is Cn1nnc(CNC2CCCC2)n1. The lowest BCUT2D eigenvalue weighted by Crippen LogP contribution is -2.25. The van der Waals surface area contributed by atoms with E-state index >= 15 is 0 Å². The van der Waals surface area contributed by atoms with Crippen LogP contribution in [0, 0.1) is 0 Å². The average Bonchev–Trinajstić information content (AvgIpc) is 2.71. The summed E-state index contributed by atoms with van der Waals surface area (Å²) in [6.07, 6.45) is 5.29. The Hall–Kier alpha value is -0.970. The normalized spacial score (nSPS) is 18.2. The number of aryl methyl sites for hydroxylation is 1. The van der Waals surface area contributed by atoms with Gasteiger partial charge in [-0.1, -0.05) is 12.8 Å². The van der Waals surface area contributed by atoms with Crippen LogP contribution in [0.15, 0.2) is 0 Å². The molecule has 1 aromatic rings. The quantitative estimate of drug-likeness (QED) is 0.726. The fourth-order valence-corrected chi connectivity index (χ4v) is 1.76. The Morgan fingerprint density at radius 2 is 2.23 bits per heavy atom. The van der Waals surface area contributed by atoms with Crippen molar-refractivity contribution in [2.45, 2.75) is 38.3 Å². The third kappa shape index (κ3) is 2.24. The number of nitrogens with zero attached hydrogens (tertiary/aromatic N) is 4. The predicted octanol–water partition coefficient (Wildman–Crippen LogP) is 0.242. The van der Waals surface area contributed by atoms with Crippen molar-refractivity contribution in [3.63, 3.8) is 0 Å². The van der Waals surface area contributed by atoms with Gasteiger partial charge in [0.1, 0.15) is 0 Å². The van der Waals surface area contributed by atoms with Gasteiger partial charge in [0.15, 0.2) is 5.82 Å². The van der Waals surface area contributed by atoms with Gasteiger partial charge in [-0.15, -0.1) is 10.2 Å². The van der Waals surface area contributed by atoms with Crippen molar-refractivity contribution < 1.29 is 0 Å². The highest BCUT2D eigenvalue weighted by molar-refractivity contribution is 4.80. The minimum absolute atomic E-state index is 0.670. The molecule has 0 unspecified atom stereocenters. The van der Waals surface area contributed by atoms with Gasteiger partial charge >= 0.3 is 0 Å². The third-order valence-electron chi connectivity index (χ3n) is 2.45. The van der Waals surface area contributed by atoms with Crippen LogP contribution in [0.25, 0.3) is 0 Å². The van der Waals surface area contributed by atoms with Crippen LogP contribution in [0.1, 0.15) is 31.5 Å². The van der Waals surface area contributed by atoms with Gasteiger partial charge in [0.2, 0.25) is 0 Å². The molecule has 0 saturated heterocycles. The lowest BCUT2D eigenvalue weighted by molar-refractivity contribution is 0.512. The zero-order valence-electron chi connectivity index (χ0n) is 7.90. The predicted molar refractivity (Wildman–Crippen MR) is 47.9 cm³/mol. The van der Waals surface area contributed by atoms with Gasteiger partial charge in [-0.25, -0.2) is 0 Å². The Bertz CT molecular complexity index is 263. The van der Waals surface area contributed by atoms with Crippen LogP contribution in [0.5, 0.6) is 0 Å². The Balaban J connectivity index is 1.78. The molecule has 0 aliphatic heterocycles. The van der Waals surface area contributed by atoms with Crippen molar-refractivity contribution >= 4 is 0 Å². The zero-order valence-corrected chi connectivity index (χ0v) is 7.90. The molecule has 5 heteroatoms. The summed E-state index contributed by atoms with van der Waals surface area (Å²) in [6.45, 7) is 0.749. The van der Waals surface area contributed by atoms with Gasteiger partial charge in [0.05, 0.1) is 13.6 Å². The molecule has 1 aromatic heterocycles. The topological polar surface area (TPSA) is 55.6 Å². The third-order valence-corrected chi connectivity index (χ3v) is 2.45. The lowest BCUT2D eigenvalue weighted by atomic mass is 10.2. The Labute approximate surface area is 77.5 Å². The first-order valence-corrected chi connectivity index (χ1v) is 4.81. The maximum absolute atomic E-state index is 4.10. The van der Waals surface area contributed by atoms with Crippen LogP contribution in [0.2, 0.25) is 0 Å². The van der Waals surface area contributed by atoms with Gasteiger partial charge in [-0.2, -0.15) is 4.80 Å². The fourth-order valence-electron chi connectivity index (χ4n) is 1.76. The summed E-state index contributed by atoms with van der Waals surface area (Å²) in [5.41, 5.74) is 0. The molecule has 1 fully saturated rings. The van der Waals surface area contributed by atoms with E-state index in [4.69, 9.17) is 0 Å². The number of hydrogen-bond donors (Lipinski definition) is 1. The van der Waals surface area contributed by atoms with E-state index in [0.717, 1.165) is 12.4 Å². The van der Waals surface area contributed by atoms with E-state index in [1.807, 2.05) is 0 Å². The average molecular weight is 181 g/mol. The van der Waals surface area contributed by atoms with Crippen LogP contribution in [-0.2, 0) is 13.6 Å². The molecule has 72 valence electrons. The molecule has 0 amide bonds. The van der Waals surface area contributed by atoms with E-state index in [2.05, 4.69) is 20.7 Å². The highest BCUT2D eigenvalue weighted by Crippen LogP contribution is 2.17. The highest BCUT2D eigenvalue weighted by Gasteiger charge is 2.14. The van der Waals surface area contributed by atoms with E-state index in [-0.39, 0.29) is 0 Å². The molecule has 13 heavy (non-hydrogen) atoms. The van der Waals surface area contributed by atoms with E-state index < -0.39 is 0 Å². The molecule has 1 heterocycles. The van der Waals surface area contributed by atoms with Crippen molar-refractivity contribution in [3.05, 3.63) is 5.82 Å². The van der Waals surface area contributed by atoms with Crippen LogP contribution < -0.4 is 5.32 Å². The molecule has 0 bridgehead atoms. The number of hydrogen-bond acceptors (Lipinski definition) is 4. The van der Waals surface area contributed by atoms with Crippen LogP contribution in [-0.4, -0.2) is 26.2 Å². The molecule has 1 saturated carbocycles. The first-order chi connectivity index (χ1) is 6.34. The van der Waals surface area contributed by atoms with E-state index in [9.17, 15) is 0 Å². The molecular formula is C8H15N5. The molecule has 0 aromatic carbocycles. The molecule has 1 aliphatic rings. The highest BCUT2D eigenvalue weighted by atomic mass is 15.6. The first kappa shape index (κ1) is 8.62. The standard InChI is InChI=1S/C8H15N5/c1-13-11-8(10-12-13)6-9-7-4-2-3-5-7/h7,9H,2-6H2,1H3. The van der Waals surface area contributed by atoms with Gasteiger partial charge in [0.25, 0.3) is 0 Å². The molecule has 5 nitrogen and oxygen atoms in total. The van der Waals surface area contributed by atoms with Crippen LogP contribution in [0.4, 0.5) is 0 Å². The zero-order chi connectivity index (χ0) is 9.10. The van der Waals surface area contributed by atoms with Crippen molar-refractivity contribution in [1.82, 2.24) is 25.5 Å². The maximum Gasteiger partial charge on any atom is 0.188 e. The Kier molecular flexibility index (Phi) is 2.54. The second-order valence-electron chi connectivity index (χ2n) is 3.56. The van der Waals surface area contributed by atoms with Crippen molar-refractivity contribution in [2.24, 2.45) is 7.05 Å². The molecule has 1 N–H and O–H groups in total. The van der Waals surface area contributed by atoms with Crippen molar-refractivity contribution in [1.29, 1.82) is 0 Å². The van der Waals surface area contributed by atoms with Crippen LogP contribution in [0.3, 0.4) is 0 Å². The summed E-state index contributed by atoms with van der Waals surface area (Å²) in [4.78, 5) is 1.49. The molecule has 1 aliphatic carbocycles. The lowest BCUT2D eigenvalue weighted by Gasteiger charge is -2.08. The molecule has 2 rings (SSSR count). The summed E-state index contributed by atoms with van der Waals surface area (Å²) < 4.78 is 0. The van der Waals surface area contributed by atoms with Gasteiger partial charge in [-0.3, -0.25) is 0 Å². The molecule has 0 radical (unpaired) electrons. The minimum Gasteiger partial charge on any atom is -0.307 e. The van der Waals surface area contributed by atoms with Crippen LogP contribution >= 0.6 is 0 Å². The smallest absolute Gasteiger partial charge is 0.188 e.